The molecule has 1 unspecified atom stereocenters. The maximum Gasteiger partial charge on any atom is 0.238 e. The van der Waals surface area contributed by atoms with Crippen LogP contribution in [-0.4, -0.2) is 36.6 Å². The molecule has 1 N–H and O–H groups in total. The summed E-state index contributed by atoms with van der Waals surface area (Å²) >= 11 is 5.21. The second-order valence-corrected chi connectivity index (χ2v) is 8.28. The summed E-state index contributed by atoms with van der Waals surface area (Å²) in [5.74, 6) is 0.0104. The van der Waals surface area contributed by atoms with Gasteiger partial charge < -0.3 is 10.1 Å². The standard InChI is InChI=1S/C19H23BrN2O2S/c1-14-10-15(6-7-18(14)20)21-19(23)13-22(11-16-4-2-8-24-16)12-17-5-3-9-25-17/h3,5-7,9-10,16H,2,4,8,11-13H2,1H3,(H,21,23). The lowest BCUT2D eigenvalue weighted by molar-refractivity contribution is -0.117. The number of halogens is 1. The first kappa shape index (κ1) is 18.6. The van der Waals surface area contributed by atoms with Crippen molar-refractivity contribution in [1.82, 2.24) is 4.90 Å². The smallest absolute Gasteiger partial charge is 0.238 e. The van der Waals surface area contributed by atoms with Crippen LogP contribution in [0.25, 0.3) is 0 Å². The summed E-state index contributed by atoms with van der Waals surface area (Å²) in [4.78, 5) is 16.0. The molecule has 2 heterocycles. The number of carbonyl (C=O) groups excluding carboxylic acids is 1. The number of aryl methyl sites for hydroxylation is 1. The molecule has 3 rings (SSSR count). The number of ether oxygens (including phenoxy) is 1. The first-order valence-electron chi connectivity index (χ1n) is 8.52. The quantitative estimate of drug-likeness (QED) is 0.716. The van der Waals surface area contributed by atoms with Crippen molar-refractivity contribution in [3.8, 4) is 0 Å². The summed E-state index contributed by atoms with van der Waals surface area (Å²) < 4.78 is 6.80. The van der Waals surface area contributed by atoms with Crippen LogP contribution in [0.4, 0.5) is 5.69 Å². The number of benzene rings is 1. The van der Waals surface area contributed by atoms with E-state index in [1.165, 1.54) is 4.88 Å². The molecule has 0 saturated carbocycles. The Bertz CT molecular complexity index is 699. The fourth-order valence-corrected chi connectivity index (χ4v) is 4.00. The van der Waals surface area contributed by atoms with Crippen molar-refractivity contribution in [2.24, 2.45) is 0 Å². The minimum absolute atomic E-state index is 0.0104. The number of nitrogens with zero attached hydrogens (tertiary/aromatic N) is 1. The Morgan fingerprint density at radius 2 is 2.32 bits per heavy atom. The molecular weight excluding hydrogens is 400 g/mol. The van der Waals surface area contributed by atoms with E-state index in [-0.39, 0.29) is 12.0 Å². The zero-order valence-corrected chi connectivity index (χ0v) is 16.7. The molecule has 1 aliphatic rings. The van der Waals surface area contributed by atoms with Gasteiger partial charge in [-0.1, -0.05) is 22.0 Å². The molecule has 1 fully saturated rings. The van der Waals surface area contributed by atoms with Crippen LogP contribution < -0.4 is 5.32 Å². The van der Waals surface area contributed by atoms with Crippen LogP contribution in [0.15, 0.2) is 40.2 Å². The van der Waals surface area contributed by atoms with Gasteiger partial charge in [0.2, 0.25) is 5.91 Å². The Balaban J connectivity index is 1.61. The van der Waals surface area contributed by atoms with Gasteiger partial charge in [0.1, 0.15) is 0 Å². The molecule has 0 radical (unpaired) electrons. The predicted molar refractivity (Wildman–Crippen MR) is 106 cm³/mol. The van der Waals surface area contributed by atoms with E-state index in [4.69, 9.17) is 4.74 Å². The molecule has 1 atom stereocenters. The molecule has 1 amide bonds. The maximum absolute atomic E-state index is 12.5. The van der Waals surface area contributed by atoms with Gasteiger partial charge in [0, 0.05) is 34.7 Å². The second-order valence-electron chi connectivity index (χ2n) is 6.40. The maximum atomic E-state index is 12.5. The van der Waals surface area contributed by atoms with Crippen LogP contribution in [0.2, 0.25) is 0 Å². The van der Waals surface area contributed by atoms with Gasteiger partial charge in [-0.05, 0) is 55.0 Å². The van der Waals surface area contributed by atoms with Crippen LogP contribution in [0, 0.1) is 6.92 Å². The van der Waals surface area contributed by atoms with Crippen LogP contribution in [0.5, 0.6) is 0 Å². The Hall–Kier alpha value is -1.21. The van der Waals surface area contributed by atoms with Crippen molar-refractivity contribution in [2.75, 3.05) is 25.0 Å². The molecule has 0 aliphatic carbocycles. The molecule has 0 bridgehead atoms. The highest BCUT2D eigenvalue weighted by Gasteiger charge is 2.21. The summed E-state index contributed by atoms with van der Waals surface area (Å²) in [5, 5.41) is 5.08. The lowest BCUT2D eigenvalue weighted by Gasteiger charge is -2.24. The summed E-state index contributed by atoms with van der Waals surface area (Å²) in [7, 11) is 0. The lowest BCUT2D eigenvalue weighted by Crippen LogP contribution is -2.37. The van der Waals surface area contributed by atoms with E-state index in [0.717, 1.165) is 48.3 Å². The summed E-state index contributed by atoms with van der Waals surface area (Å²) in [6.07, 6.45) is 2.43. The van der Waals surface area contributed by atoms with Gasteiger partial charge in [0.05, 0.1) is 12.6 Å². The highest BCUT2D eigenvalue weighted by Crippen LogP contribution is 2.20. The molecule has 1 aromatic heterocycles. The summed E-state index contributed by atoms with van der Waals surface area (Å²) in [5.41, 5.74) is 1.94. The number of hydrogen-bond acceptors (Lipinski definition) is 4. The lowest BCUT2D eigenvalue weighted by atomic mass is 10.2. The van der Waals surface area contributed by atoms with E-state index < -0.39 is 0 Å². The highest BCUT2D eigenvalue weighted by molar-refractivity contribution is 9.10. The fraction of sp³-hybridized carbons (Fsp3) is 0.421. The minimum atomic E-state index is 0.0104. The van der Waals surface area contributed by atoms with Gasteiger partial charge in [-0.3, -0.25) is 9.69 Å². The first-order valence-corrected chi connectivity index (χ1v) is 10.2. The first-order chi connectivity index (χ1) is 12.1. The van der Waals surface area contributed by atoms with E-state index >= 15 is 0 Å². The average Bonchev–Trinajstić information content (AvgIpc) is 3.25. The van der Waals surface area contributed by atoms with Crippen molar-refractivity contribution >= 4 is 38.9 Å². The van der Waals surface area contributed by atoms with Crippen LogP contribution >= 0.6 is 27.3 Å². The van der Waals surface area contributed by atoms with Crippen molar-refractivity contribution in [3.63, 3.8) is 0 Å². The highest BCUT2D eigenvalue weighted by atomic mass is 79.9. The Labute approximate surface area is 161 Å². The fourth-order valence-electron chi connectivity index (χ4n) is 3.01. The number of hydrogen-bond donors (Lipinski definition) is 1. The van der Waals surface area contributed by atoms with Crippen molar-refractivity contribution in [3.05, 3.63) is 50.6 Å². The largest absolute Gasteiger partial charge is 0.377 e. The Morgan fingerprint density at radius 1 is 1.44 bits per heavy atom. The van der Waals surface area contributed by atoms with Crippen molar-refractivity contribution in [2.45, 2.75) is 32.4 Å². The van der Waals surface area contributed by atoms with Gasteiger partial charge in [0.25, 0.3) is 0 Å². The average molecular weight is 423 g/mol. The molecule has 1 aromatic carbocycles. The van der Waals surface area contributed by atoms with E-state index in [1.807, 2.05) is 25.1 Å². The molecule has 0 spiro atoms. The zero-order valence-electron chi connectivity index (χ0n) is 14.3. The van der Waals surface area contributed by atoms with Crippen molar-refractivity contribution < 1.29 is 9.53 Å². The van der Waals surface area contributed by atoms with Gasteiger partial charge >= 0.3 is 0 Å². The summed E-state index contributed by atoms with van der Waals surface area (Å²) in [6, 6.07) is 10.0. The second kappa shape index (κ2) is 8.94. The third-order valence-corrected chi connectivity index (χ3v) is 6.01. The molecule has 134 valence electrons. The SMILES string of the molecule is Cc1cc(NC(=O)CN(Cc2cccs2)CC2CCCO2)ccc1Br. The van der Waals surface area contributed by atoms with Gasteiger partial charge in [0.15, 0.2) is 0 Å². The van der Waals surface area contributed by atoms with Gasteiger partial charge in [-0.15, -0.1) is 11.3 Å². The molecule has 1 aliphatic heterocycles. The third-order valence-electron chi connectivity index (χ3n) is 4.25. The number of thiophene rings is 1. The number of amides is 1. The number of anilines is 1. The molecule has 25 heavy (non-hydrogen) atoms. The molecular formula is C19H23BrN2O2S. The van der Waals surface area contributed by atoms with Crippen LogP contribution in [0.1, 0.15) is 23.3 Å². The van der Waals surface area contributed by atoms with E-state index in [9.17, 15) is 4.79 Å². The van der Waals surface area contributed by atoms with E-state index in [2.05, 4.69) is 43.7 Å². The normalized spacial score (nSPS) is 17.2. The minimum Gasteiger partial charge on any atom is -0.377 e. The van der Waals surface area contributed by atoms with Crippen molar-refractivity contribution in [1.29, 1.82) is 0 Å². The predicted octanol–water partition coefficient (Wildman–Crippen LogP) is 4.44. The molecule has 1 saturated heterocycles. The van der Waals surface area contributed by atoms with Gasteiger partial charge in [-0.2, -0.15) is 0 Å². The van der Waals surface area contributed by atoms with E-state index in [0.29, 0.717) is 6.54 Å². The number of rotatable bonds is 7. The topological polar surface area (TPSA) is 41.6 Å². The van der Waals surface area contributed by atoms with Crippen LogP contribution in [0.3, 0.4) is 0 Å². The monoisotopic (exact) mass is 422 g/mol. The van der Waals surface area contributed by atoms with Gasteiger partial charge in [-0.25, -0.2) is 0 Å². The number of carbonyl (C=O) groups is 1. The number of nitrogens with one attached hydrogen (secondary N) is 1. The molecule has 2 aromatic rings. The summed E-state index contributed by atoms with van der Waals surface area (Å²) in [6.45, 7) is 4.80. The van der Waals surface area contributed by atoms with Crippen LogP contribution in [-0.2, 0) is 16.1 Å². The third kappa shape index (κ3) is 5.64. The van der Waals surface area contributed by atoms with E-state index in [1.54, 1.807) is 11.3 Å². The molecule has 4 nitrogen and oxygen atoms in total. The Morgan fingerprint density at radius 3 is 3.00 bits per heavy atom. The zero-order chi connectivity index (χ0) is 17.6. The molecule has 6 heteroatoms. The Kier molecular flexibility index (Phi) is 6.64.